The minimum atomic E-state index is 0.0110. The number of anilines is 1. The molecule has 1 atom stereocenters. The van der Waals surface area contributed by atoms with Gasteiger partial charge in [0.2, 0.25) is 0 Å². The van der Waals surface area contributed by atoms with Gasteiger partial charge in [-0.1, -0.05) is 11.6 Å². The molecule has 0 aromatic heterocycles. The molecule has 3 nitrogen and oxygen atoms in total. The van der Waals surface area contributed by atoms with E-state index in [-0.39, 0.29) is 13.2 Å². The Bertz CT molecular complexity index is 384. The molecule has 1 heterocycles. The molecule has 0 amide bonds. The molecule has 94 valence electrons. The standard InChI is InChI=1S/C13H18ClNO2/c14-12-1-2-13(11(7-12)9-17)15-5-3-10(8-15)4-6-16/h1-2,7,10,16-17H,3-6,8-9H2. The Kier molecular flexibility index (Phi) is 4.26. The highest BCUT2D eigenvalue weighted by Gasteiger charge is 2.23. The third kappa shape index (κ3) is 2.92. The van der Waals surface area contributed by atoms with Crippen molar-refractivity contribution in [1.29, 1.82) is 0 Å². The number of aliphatic hydroxyl groups excluding tert-OH is 2. The van der Waals surface area contributed by atoms with Crippen molar-refractivity contribution in [3.63, 3.8) is 0 Å². The minimum absolute atomic E-state index is 0.0110. The maximum absolute atomic E-state index is 9.35. The van der Waals surface area contributed by atoms with Crippen LogP contribution >= 0.6 is 11.6 Å². The first-order valence-corrected chi connectivity index (χ1v) is 6.37. The molecule has 0 spiro atoms. The van der Waals surface area contributed by atoms with Crippen LogP contribution in [0, 0.1) is 5.92 Å². The molecule has 1 saturated heterocycles. The van der Waals surface area contributed by atoms with Crippen LogP contribution in [0.3, 0.4) is 0 Å². The number of rotatable bonds is 4. The summed E-state index contributed by atoms with van der Waals surface area (Å²) in [5.41, 5.74) is 1.94. The van der Waals surface area contributed by atoms with E-state index in [9.17, 15) is 5.11 Å². The van der Waals surface area contributed by atoms with Crippen molar-refractivity contribution in [3.8, 4) is 0 Å². The second-order valence-corrected chi connectivity index (χ2v) is 4.98. The van der Waals surface area contributed by atoms with E-state index >= 15 is 0 Å². The zero-order chi connectivity index (χ0) is 12.3. The van der Waals surface area contributed by atoms with Gasteiger partial charge in [-0.05, 0) is 37.0 Å². The summed E-state index contributed by atoms with van der Waals surface area (Å²) < 4.78 is 0. The highest BCUT2D eigenvalue weighted by molar-refractivity contribution is 6.30. The number of nitrogens with zero attached hydrogens (tertiary/aromatic N) is 1. The second-order valence-electron chi connectivity index (χ2n) is 4.54. The summed E-state index contributed by atoms with van der Waals surface area (Å²) in [5.74, 6) is 0.558. The van der Waals surface area contributed by atoms with Gasteiger partial charge in [0.15, 0.2) is 0 Å². The lowest BCUT2D eigenvalue weighted by Gasteiger charge is -2.21. The smallest absolute Gasteiger partial charge is 0.0702 e. The van der Waals surface area contributed by atoms with E-state index in [1.54, 1.807) is 0 Å². The van der Waals surface area contributed by atoms with E-state index in [1.165, 1.54) is 0 Å². The van der Waals surface area contributed by atoms with Crippen LogP contribution in [-0.2, 0) is 6.61 Å². The molecule has 0 radical (unpaired) electrons. The summed E-state index contributed by atoms with van der Waals surface area (Å²) >= 11 is 5.92. The SMILES string of the molecule is OCCC1CCN(c2ccc(Cl)cc2CO)C1. The van der Waals surface area contributed by atoms with Crippen molar-refractivity contribution in [3.05, 3.63) is 28.8 Å². The first-order valence-electron chi connectivity index (χ1n) is 5.99. The average Bonchev–Trinajstić information content (AvgIpc) is 2.78. The third-order valence-corrected chi connectivity index (χ3v) is 3.61. The number of hydrogen-bond acceptors (Lipinski definition) is 3. The molecule has 2 rings (SSSR count). The van der Waals surface area contributed by atoms with E-state index in [4.69, 9.17) is 16.7 Å². The Morgan fingerprint density at radius 1 is 1.35 bits per heavy atom. The lowest BCUT2D eigenvalue weighted by Crippen LogP contribution is -2.21. The predicted molar refractivity (Wildman–Crippen MR) is 69.4 cm³/mol. The van der Waals surface area contributed by atoms with Crippen molar-refractivity contribution < 1.29 is 10.2 Å². The number of benzene rings is 1. The van der Waals surface area contributed by atoms with Crippen molar-refractivity contribution in [2.75, 3.05) is 24.6 Å². The Hall–Kier alpha value is -0.770. The summed E-state index contributed by atoms with van der Waals surface area (Å²) in [7, 11) is 0. The molecule has 0 bridgehead atoms. The summed E-state index contributed by atoms with van der Waals surface area (Å²) in [4.78, 5) is 2.27. The Labute approximate surface area is 107 Å². The van der Waals surface area contributed by atoms with Gasteiger partial charge < -0.3 is 15.1 Å². The van der Waals surface area contributed by atoms with Gasteiger partial charge in [0.05, 0.1) is 6.61 Å². The van der Waals surface area contributed by atoms with E-state index < -0.39 is 0 Å². The Morgan fingerprint density at radius 3 is 2.88 bits per heavy atom. The van der Waals surface area contributed by atoms with Gasteiger partial charge in [0.1, 0.15) is 0 Å². The van der Waals surface area contributed by atoms with E-state index in [1.807, 2.05) is 18.2 Å². The highest BCUT2D eigenvalue weighted by Crippen LogP contribution is 2.30. The fraction of sp³-hybridized carbons (Fsp3) is 0.538. The topological polar surface area (TPSA) is 43.7 Å². The average molecular weight is 256 g/mol. The highest BCUT2D eigenvalue weighted by atomic mass is 35.5. The monoisotopic (exact) mass is 255 g/mol. The maximum atomic E-state index is 9.35. The van der Waals surface area contributed by atoms with Gasteiger partial charge in [-0.3, -0.25) is 0 Å². The van der Waals surface area contributed by atoms with Crippen LogP contribution in [0.2, 0.25) is 5.02 Å². The summed E-state index contributed by atoms with van der Waals surface area (Å²) in [6, 6.07) is 5.64. The molecule has 1 aliphatic heterocycles. The number of hydrogen-bond donors (Lipinski definition) is 2. The maximum Gasteiger partial charge on any atom is 0.0702 e. The lowest BCUT2D eigenvalue weighted by molar-refractivity contribution is 0.263. The zero-order valence-electron chi connectivity index (χ0n) is 9.77. The van der Waals surface area contributed by atoms with Crippen molar-refractivity contribution in [2.24, 2.45) is 5.92 Å². The van der Waals surface area contributed by atoms with Crippen LogP contribution < -0.4 is 4.90 Å². The van der Waals surface area contributed by atoms with Gasteiger partial charge in [-0.2, -0.15) is 0 Å². The first-order chi connectivity index (χ1) is 8.24. The molecule has 1 aromatic carbocycles. The molecule has 1 aromatic rings. The largest absolute Gasteiger partial charge is 0.396 e. The zero-order valence-corrected chi connectivity index (χ0v) is 10.5. The molecule has 1 aliphatic rings. The molecular weight excluding hydrogens is 238 g/mol. The number of halogens is 1. The van der Waals surface area contributed by atoms with Crippen LogP contribution in [0.5, 0.6) is 0 Å². The predicted octanol–water partition coefficient (Wildman–Crippen LogP) is 2.04. The molecule has 0 aliphatic carbocycles. The normalized spacial score (nSPS) is 19.9. The molecule has 1 unspecified atom stereocenters. The summed E-state index contributed by atoms with van der Waals surface area (Å²) in [5, 5.41) is 18.9. The van der Waals surface area contributed by atoms with Gasteiger partial charge in [-0.25, -0.2) is 0 Å². The van der Waals surface area contributed by atoms with Crippen molar-refractivity contribution >= 4 is 17.3 Å². The molecule has 1 fully saturated rings. The molecule has 4 heteroatoms. The fourth-order valence-corrected chi connectivity index (χ4v) is 2.65. The van der Waals surface area contributed by atoms with Gasteiger partial charge >= 0.3 is 0 Å². The van der Waals surface area contributed by atoms with Crippen molar-refractivity contribution in [2.45, 2.75) is 19.4 Å². The van der Waals surface area contributed by atoms with Crippen LogP contribution in [0.1, 0.15) is 18.4 Å². The Morgan fingerprint density at radius 2 is 2.18 bits per heavy atom. The second kappa shape index (κ2) is 5.71. The van der Waals surface area contributed by atoms with Crippen LogP contribution in [0.15, 0.2) is 18.2 Å². The van der Waals surface area contributed by atoms with E-state index in [0.29, 0.717) is 10.9 Å². The molecule has 2 N–H and O–H groups in total. The number of aliphatic hydroxyl groups is 2. The van der Waals surface area contributed by atoms with Crippen LogP contribution in [0.25, 0.3) is 0 Å². The van der Waals surface area contributed by atoms with E-state index in [0.717, 1.165) is 37.2 Å². The quantitative estimate of drug-likeness (QED) is 0.865. The molecule has 0 saturated carbocycles. The fourth-order valence-electron chi connectivity index (χ4n) is 2.46. The summed E-state index contributed by atoms with van der Waals surface area (Å²) in [6.07, 6.45) is 1.96. The first kappa shape index (κ1) is 12.7. The van der Waals surface area contributed by atoms with Gasteiger partial charge in [-0.15, -0.1) is 0 Å². The van der Waals surface area contributed by atoms with E-state index in [2.05, 4.69) is 4.90 Å². The van der Waals surface area contributed by atoms with Crippen LogP contribution in [0.4, 0.5) is 5.69 Å². The van der Waals surface area contributed by atoms with Crippen molar-refractivity contribution in [1.82, 2.24) is 0 Å². The van der Waals surface area contributed by atoms with Gasteiger partial charge in [0.25, 0.3) is 0 Å². The molecular formula is C13H18ClNO2. The molecule has 17 heavy (non-hydrogen) atoms. The van der Waals surface area contributed by atoms with Crippen LogP contribution in [-0.4, -0.2) is 29.9 Å². The third-order valence-electron chi connectivity index (χ3n) is 3.38. The lowest BCUT2D eigenvalue weighted by atomic mass is 10.1. The summed E-state index contributed by atoms with van der Waals surface area (Å²) in [6.45, 7) is 2.21. The van der Waals surface area contributed by atoms with Gasteiger partial charge in [0, 0.05) is 36.0 Å². The minimum Gasteiger partial charge on any atom is -0.396 e. The Balaban J connectivity index is 2.12.